The fraction of sp³-hybridized carbons (Fsp3) is 0. The molecule has 0 aliphatic carbocycles. The summed E-state index contributed by atoms with van der Waals surface area (Å²) in [5.41, 5.74) is 16.8. The minimum absolute atomic E-state index is 0.530. The van der Waals surface area contributed by atoms with E-state index in [2.05, 4.69) is 309 Å². The van der Waals surface area contributed by atoms with Crippen molar-refractivity contribution in [2.24, 2.45) is 0 Å². The Labute approximate surface area is 493 Å². The Balaban J connectivity index is 0.883. The fourth-order valence-corrected chi connectivity index (χ4v) is 13.6. The van der Waals surface area contributed by atoms with Crippen LogP contribution in [0.4, 0.5) is 0 Å². The largest absolute Gasteiger partial charge is 0.309 e. The van der Waals surface area contributed by atoms with Crippen molar-refractivity contribution in [3.05, 3.63) is 291 Å². The number of fused-ring (bicyclic) bond motifs is 14. The highest BCUT2D eigenvalue weighted by atomic mass is 15.2. The zero-order chi connectivity index (χ0) is 56.4. The molecule has 0 unspecified atom stereocenters. The van der Waals surface area contributed by atoms with Crippen molar-refractivity contribution in [1.29, 1.82) is 0 Å². The number of para-hydroxylation sites is 7. The Bertz CT molecular complexity index is 5580. The molecule has 18 aromatic rings. The van der Waals surface area contributed by atoms with Gasteiger partial charge in [-0.3, -0.25) is 9.13 Å². The second kappa shape index (κ2) is 18.9. The molecule has 0 saturated heterocycles. The molecule has 13 aromatic carbocycles. The lowest BCUT2D eigenvalue weighted by Crippen LogP contribution is -2.07. The van der Waals surface area contributed by atoms with Gasteiger partial charge < -0.3 is 9.13 Å². The van der Waals surface area contributed by atoms with Gasteiger partial charge in [0.1, 0.15) is 5.82 Å². The number of nitrogens with zero attached hydrogens (tertiary/aromatic N) is 8. The summed E-state index contributed by atoms with van der Waals surface area (Å²) in [7, 11) is 0. The average Bonchev–Trinajstić information content (AvgIpc) is 1.74. The van der Waals surface area contributed by atoms with E-state index in [9.17, 15) is 0 Å². The van der Waals surface area contributed by atoms with Gasteiger partial charge in [0.15, 0.2) is 11.6 Å². The lowest BCUT2D eigenvalue weighted by Gasteiger charge is -2.14. The average molecular weight is 1100 g/mol. The third-order valence-electron chi connectivity index (χ3n) is 17.4. The van der Waals surface area contributed by atoms with Crippen LogP contribution >= 0.6 is 0 Å². The van der Waals surface area contributed by atoms with Crippen LogP contribution in [-0.4, -0.2) is 38.2 Å². The van der Waals surface area contributed by atoms with Gasteiger partial charge in [-0.25, -0.2) is 9.97 Å². The molecule has 8 nitrogen and oxygen atoms in total. The molecule has 18 rings (SSSR count). The predicted molar refractivity (Wildman–Crippen MR) is 354 cm³/mol. The molecule has 0 fully saturated rings. The monoisotopic (exact) mass is 1100 g/mol. The molecular formula is C78H48N8. The highest BCUT2D eigenvalue weighted by Crippen LogP contribution is 2.45. The Morgan fingerprint density at radius 2 is 0.698 bits per heavy atom. The normalized spacial score (nSPS) is 12.0. The van der Waals surface area contributed by atoms with Crippen LogP contribution in [0.1, 0.15) is 0 Å². The Kier molecular flexibility index (Phi) is 10.5. The Morgan fingerprint density at radius 1 is 0.244 bits per heavy atom. The minimum Gasteiger partial charge on any atom is -0.309 e. The van der Waals surface area contributed by atoms with Crippen molar-refractivity contribution in [3.8, 4) is 68.3 Å². The first-order valence-corrected chi connectivity index (χ1v) is 29.1. The van der Waals surface area contributed by atoms with Crippen LogP contribution in [-0.2, 0) is 0 Å². The smallest absolute Gasteiger partial charge is 0.238 e. The second-order valence-electron chi connectivity index (χ2n) is 22.2. The van der Waals surface area contributed by atoms with Crippen LogP contribution in [0.15, 0.2) is 291 Å². The van der Waals surface area contributed by atoms with Crippen LogP contribution in [0.5, 0.6) is 0 Å². The fourth-order valence-electron chi connectivity index (χ4n) is 13.6. The third kappa shape index (κ3) is 7.30. The molecule has 400 valence electrons. The van der Waals surface area contributed by atoms with Gasteiger partial charge in [0.2, 0.25) is 5.95 Å². The number of hydrogen-bond donors (Lipinski definition) is 0. The van der Waals surface area contributed by atoms with Crippen molar-refractivity contribution < 1.29 is 0 Å². The molecule has 0 aliphatic rings. The molecular weight excluding hydrogens is 1050 g/mol. The van der Waals surface area contributed by atoms with Crippen molar-refractivity contribution in [2.75, 3.05) is 0 Å². The summed E-state index contributed by atoms with van der Waals surface area (Å²) in [5, 5.41) is 11.3. The van der Waals surface area contributed by atoms with Gasteiger partial charge in [-0.1, -0.05) is 182 Å². The highest BCUT2D eigenvalue weighted by Gasteiger charge is 2.25. The van der Waals surface area contributed by atoms with Crippen LogP contribution in [0.2, 0.25) is 0 Å². The maximum absolute atomic E-state index is 5.65. The zero-order valence-corrected chi connectivity index (χ0v) is 46.3. The van der Waals surface area contributed by atoms with Gasteiger partial charge in [-0.15, -0.1) is 0 Å². The lowest BCUT2D eigenvalue weighted by atomic mass is 9.94. The van der Waals surface area contributed by atoms with E-state index >= 15 is 0 Å². The summed E-state index contributed by atoms with van der Waals surface area (Å²) in [6.45, 7) is 0. The highest BCUT2D eigenvalue weighted by molar-refractivity contribution is 6.28. The van der Waals surface area contributed by atoms with Crippen molar-refractivity contribution in [2.45, 2.75) is 0 Å². The Hall–Kier alpha value is -11.7. The van der Waals surface area contributed by atoms with Gasteiger partial charge in [-0.2, -0.15) is 9.97 Å². The minimum atomic E-state index is 0.530. The SMILES string of the molecule is c1ccc(-n2c(-c3ccc(-c4cc5c6c7ccccc7ccc6n(-c6nc(-c7ccc8c(c7)c7ccccc7n8-c7ccccc7)nc(-c7ccc8c(c7)c7ccccc7n8-c7ccccc7)n6)c5c5ccccc45)cc3)nc3ccccc32)cc1. The maximum atomic E-state index is 5.65. The first kappa shape index (κ1) is 47.9. The summed E-state index contributed by atoms with van der Waals surface area (Å²) in [6, 6.07) is 104. The van der Waals surface area contributed by atoms with E-state index in [0.717, 1.165) is 149 Å². The van der Waals surface area contributed by atoms with Crippen LogP contribution < -0.4 is 0 Å². The van der Waals surface area contributed by atoms with Crippen molar-refractivity contribution in [3.63, 3.8) is 0 Å². The van der Waals surface area contributed by atoms with Crippen LogP contribution in [0.25, 0.3) is 166 Å². The summed E-state index contributed by atoms with van der Waals surface area (Å²) >= 11 is 0. The quantitative estimate of drug-likeness (QED) is 0.152. The summed E-state index contributed by atoms with van der Waals surface area (Å²) in [4.78, 5) is 22.0. The first-order chi connectivity index (χ1) is 42.7. The third-order valence-corrected chi connectivity index (χ3v) is 17.4. The van der Waals surface area contributed by atoms with Crippen molar-refractivity contribution in [1.82, 2.24) is 38.2 Å². The number of rotatable bonds is 8. The van der Waals surface area contributed by atoms with Gasteiger partial charge in [0.05, 0.1) is 44.1 Å². The standard InChI is InChI=1S/C78H48N8/c1-4-21-54(22-5-1)83-67-33-17-14-29-59(67)63-46-52(41-43-69(63)83)75-80-76(53-42-44-70-64(47-53)60-30-15-18-34-68(60)84(70)55-23-6-2-7-24-55)82-78(81-75)86-72-45-40-49-20-10-11-27-57(49)73(72)65-48-62(58-28-12-13-31-61(58)74(65)86)50-36-38-51(39-37-50)77-79-66-32-16-19-35-71(66)85(77)56-25-8-3-9-26-56/h1-48H. The maximum Gasteiger partial charge on any atom is 0.238 e. The molecule has 0 saturated carbocycles. The van der Waals surface area contributed by atoms with E-state index in [4.69, 9.17) is 19.9 Å². The summed E-state index contributed by atoms with van der Waals surface area (Å²) in [5.74, 6) is 2.58. The van der Waals surface area contributed by atoms with Gasteiger partial charge in [0.25, 0.3) is 0 Å². The van der Waals surface area contributed by atoms with E-state index in [1.807, 2.05) is 0 Å². The van der Waals surface area contributed by atoms with E-state index in [-0.39, 0.29) is 0 Å². The molecule has 0 amide bonds. The van der Waals surface area contributed by atoms with E-state index in [1.54, 1.807) is 0 Å². The molecule has 0 N–H and O–H groups in total. The molecule has 0 spiro atoms. The number of benzene rings is 13. The van der Waals surface area contributed by atoms with E-state index in [0.29, 0.717) is 17.6 Å². The molecule has 8 heteroatoms. The number of imidazole rings is 1. The molecule has 5 heterocycles. The van der Waals surface area contributed by atoms with Gasteiger partial charge in [-0.05, 0) is 136 Å². The van der Waals surface area contributed by atoms with E-state index in [1.165, 1.54) is 0 Å². The molecule has 5 aromatic heterocycles. The summed E-state index contributed by atoms with van der Waals surface area (Å²) < 4.78 is 9.25. The predicted octanol–water partition coefficient (Wildman–Crippen LogP) is 19.5. The zero-order valence-electron chi connectivity index (χ0n) is 46.3. The molecule has 0 bridgehead atoms. The van der Waals surface area contributed by atoms with Gasteiger partial charge >= 0.3 is 0 Å². The van der Waals surface area contributed by atoms with Gasteiger partial charge in [0, 0.05) is 71.5 Å². The van der Waals surface area contributed by atoms with Crippen molar-refractivity contribution >= 4 is 98.0 Å². The van der Waals surface area contributed by atoms with Crippen LogP contribution in [0.3, 0.4) is 0 Å². The molecule has 86 heavy (non-hydrogen) atoms. The molecule has 0 aliphatic heterocycles. The molecule has 0 atom stereocenters. The number of aromatic nitrogens is 8. The number of hydrogen-bond acceptors (Lipinski definition) is 4. The van der Waals surface area contributed by atoms with E-state index < -0.39 is 0 Å². The second-order valence-corrected chi connectivity index (χ2v) is 22.2. The van der Waals surface area contributed by atoms with Crippen LogP contribution in [0, 0.1) is 0 Å². The Morgan fingerprint density at radius 3 is 1.30 bits per heavy atom. The summed E-state index contributed by atoms with van der Waals surface area (Å²) in [6.07, 6.45) is 0. The topological polar surface area (TPSA) is 71.3 Å². The first-order valence-electron chi connectivity index (χ1n) is 29.1. The molecule has 0 radical (unpaired) electrons. The lowest BCUT2D eigenvalue weighted by molar-refractivity contribution is 0.955.